The summed E-state index contributed by atoms with van der Waals surface area (Å²) < 4.78 is 150. The van der Waals surface area contributed by atoms with Gasteiger partial charge in [0.05, 0.1) is 49.6 Å². The van der Waals surface area contributed by atoms with Crippen molar-refractivity contribution in [1.29, 1.82) is 0 Å². The van der Waals surface area contributed by atoms with Gasteiger partial charge in [0.1, 0.15) is 0 Å². The van der Waals surface area contributed by atoms with Crippen LogP contribution in [0.2, 0.25) is 18.1 Å². The van der Waals surface area contributed by atoms with Crippen molar-refractivity contribution in [1.82, 2.24) is 29.7 Å². The second kappa shape index (κ2) is 38.5. The Morgan fingerprint density at radius 2 is 1.00 bits per heavy atom. The highest BCUT2D eigenvalue weighted by atomic mass is 32.2. The van der Waals surface area contributed by atoms with E-state index in [9.17, 15) is 25.6 Å². The van der Waals surface area contributed by atoms with Crippen molar-refractivity contribution in [2.75, 3.05) is 102 Å². The Morgan fingerprint density at radius 3 is 1.51 bits per heavy atom. The fourth-order valence-corrected chi connectivity index (χ4v) is 20.4. The molecule has 0 saturated carbocycles. The number of rotatable bonds is 45. The number of nitrogen functional groups attached to an aromatic ring is 1. The van der Waals surface area contributed by atoms with Crippen LogP contribution in [-0.2, 0) is 59.9 Å². The molecule has 0 radical (unpaired) electrons. The Bertz CT molecular complexity index is 3700. The van der Waals surface area contributed by atoms with Crippen LogP contribution in [0.5, 0.6) is 6.01 Å². The number of aliphatic hydroxyl groups is 1. The van der Waals surface area contributed by atoms with Gasteiger partial charge in [-0.2, -0.15) is 44.2 Å². The molecular weight excluding hydrogens is 1360 g/mol. The maximum atomic E-state index is 15.1. The lowest BCUT2D eigenvalue weighted by atomic mass is 10.1. The molecule has 532 valence electrons. The van der Waals surface area contributed by atoms with E-state index >= 15 is 4.79 Å². The SMILES string of the molecule is CCO[Si](CCCNC(=O)N(c1ccc(N=Nc2ccccc2)cc1)c1cc(N=Nc2cc(S(=O)(=O)NCCC[Si](OCC)(OCC)OCC)c3cccc(S(=O)(=O)NCCC[Si](OCC)(OCC)OCC)c3c2)ccc1Nc1nc(N)nc(OCC(O)(F)F)n1)(OCC)OCC. The number of hydrogen-bond acceptors (Lipinski definition) is 25. The number of urea groups is 1. The topological polar surface area (TPSA) is 363 Å². The molecule has 6 aromatic rings. The third-order valence-corrected chi connectivity index (χ3v) is 26.2. The molecule has 6 rings (SSSR count). The minimum Gasteiger partial charge on any atom is -0.454 e. The number of ether oxygens (including phenoxy) is 1. The van der Waals surface area contributed by atoms with Crippen LogP contribution in [0.1, 0.15) is 81.6 Å². The fourth-order valence-electron chi connectivity index (χ4n) is 9.98. The number of fused-ring (bicyclic) bond motifs is 1. The Kier molecular flexibility index (Phi) is 31.4. The predicted molar refractivity (Wildman–Crippen MR) is 368 cm³/mol. The van der Waals surface area contributed by atoms with Crippen molar-refractivity contribution in [3.63, 3.8) is 0 Å². The van der Waals surface area contributed by atoms with Crippen LogP contribution < -0.4 is 35.4 Å². The van der Waals surface area contributed by atoms with Crippen LogP contribution in [0.25, 0.3) is 10.8 Å². The number of aromatic nitrogens is 3. The first kappa shape index (κ1) is 79.2. The molecule has 36 heteroatoms. The number of hydrogen-bond donors (Lipinski definition) is 6. The first-order valence-electron chi connectivity index (χ1n) is 32.0. The minimum atomic E-state index is -4.51. The van der Waals surface area contributed by atoms with Crippen LogP contribution in [0, 0.1) is 0 Å². The number of carbonyl (C=O) groups is 1. The highest BCUT2D eigenvalue weighted by Gasteiger charge is 2.42. The van der Waals surface area contributed by atoms with E-state index in [4.69, 9.17) is 55.4 Å². The number of anilines is 5. The molecule has 1 aromatic heterocycles. The van der Waals surface area contributed by atoms with E-state index in [1.54, 1.807) is 36.4 Å². The molecule has 2 amide bonds. The maximum Gasteiger partial charge on any atom is 0.500 e. The molecule has 97 heavy (non-hydrogen) atoms. The normalized spacial score (nSPS) is 12.7. The third-order valence-electron chi connectivity index (χ3n) is 13.7. The summed E-state index contributed by atoms with van der Waals surface area (Å²) in [6.07, 6.45) is -3.41. The monoisotopic (exact) mass is 1450 g/mol. The van der Waals surface area contributed by atoms with Crippen LogP contribution in [-0.4, -0.2) is 161 Å². The number of nitrogens with one attached hydrogen (secondary N) is 4. The average molecular weight is 1450 g/mol. The molecule has 0 unspecified atom stereocenters. The zero-order valence-electron chi connectivity index (χ0n) is 56.0. The zero-order valence-corrected chi connectivity index (χ0v) is 60.7. The van der Waals surface area contributed by atoms with E-state index in [0.717, 1.165) is 0 Å². The predicted octanol–water partition coefficient (Wildman–Crippen LogP) is 11.9. The minimum absolute atomic E-state index is 0.0230. The van der Waals surface area contributed by atoms with Gasteiger partial charge in [-0.05, 0) is 154 Å². The van der Waals surface area contributed by atoms with E-state index in [0.29, 0.717) is 89.3 Å². The number of alkyl halides is 2. The number of benzene rings is 5. The molecule has 0 aliphatic heterocycles. The summed E-state index contributed by atoms with van der Waals surface area (Å²) in [7, 11) is -18.5. The molecule has 0 aliphatic rings. The third kappa shape index (κ3) is 24.0. The summed E-state index contributed by atoms with van der Waals surface area (Å²) in [6.45, 7) is 17.7. The van der Waals surface area contributed by atoms with Crippen molar-refractivity contribution in [3.8, 4) is 6.01 Å². The van der Waals surface area contributed by atoms with Crippen LogP contribution in [0.4, 0.5) is 65.3 Å². The molecule has 0 bridgehead atoms. The number of amides is 2. The van der Waals surface area contributed by atoms with E-state index in [1.807, 2.05) is 80.5 Å². The standard InChI is InChI=1S/C61H89F2N13O16S2Si3/c1-10-84-95(85-11-2,86-12-3)39-23-36-65-60(77)76(50-33-30-47(31-34-50)73-72-46-26-20-19-21-27-46)54-43-48(32-35-53(54)68-58-69-57(64)70-59(71-58)83-45-61(62,63)78)74-75-49-42-52-51(56(44-49)94(81,82)67-38-25-41-97(90-16-7,91-17-8)92-18-9)28-22-29-55(52)93(79,80)66-37-24-40-96(87-13-4,88-14-5)89-15-6/h19-22,26-35,42-44,66-67,78H,10-18,23-25,36-41,45H2,1-9H3,(H,65,77)(H3,64,68,69,70,71). The molecule has 0 aliphatic carbocycles. The van der Waals surface area contributed by atoms with Gasteiger partial charge in [0.2, 0.25) is 31.9 Å². The van der Waals surface area contributed by atoms with Gasteiger partial charge in [-0.1, -0.05) is 30.3 Å². The summed E-state index contributed by atoms with van der Waals surface area (Å²) in [5.74, 6) is -0.825. The number of carbonyl (C=O) groups excluding carboxylic acids is 1. The van der Waals surface area contributed by atoms with Gasteiger partial charge in [0, 0.05) is 108 Å². The highest BCUT2D eigenvalue weighted by molar-refractivity contribution is 7.90. The maximum absolute atomic E-state index is 15.1. The smallest absolute Gasteiger partial charge is 0.454 e. The number of azo groups is 2. The summed E-state index contributed by atoms with van der Waals surface area (Å²) >= 11 is 0. The van der Waals surface area contributed by atoms with E-state index in [2.05, 4.69) is 55.5 Å². The van der Waals surface area contributed by atoms with Gasteiger partial charge in [0.15, 0.2) is 6.61 Å². The van der Waals surface area contributed by atoms with Crippen LogP contribution in [0.3, 0.4) is 0 Å². The Balaban J connectivity index is 1.51. The molecular formula is C61H89F2N13O16S2Si3. The summed E-state index contributed by atoms with van der Waals surface area (Å²) in [4.78, 5) is 27.8. The van der Waals surface area contributed by atoms with Crippen LogP contribution in [0.15, 0.2) is 133 Å². The quantitative estimate of drug-likeness (QED) is 0.0117. The first-order chi connectivity index (χ1) is 46.5. The Morgan fingerprint density at radius 1 is 0.536 bits per heavy atom. The average Bonchev–Trinajstić information content (AvgIpc) is 0.760. The van der Waals surface area contributed by atoms with Crippen molar-refractivity contribution >= 4 is 115 Å². The molecule has 0 atom stereocenters. The molecule has 0 spiro atoms. The van der Waals surface area contributed by atoms with Gasteiger partial charge in [-0.25, -0.2) is 31.1 Å². The molecule has 0 saturated heterocycles. The Labute approximate surface area is 568 Å². The molecule has 0 fully saturated rings. The molecule has 29 nitrogen and oxygen atoms in total. The lowest BCUT2D eigenvalue weighted by Gasteiger charge is -2.29. The van der Waals surface area contributed by atoms with Gasteiger partial charge >= 0.3 is 44.6 Å². The number of nitrogens with two attached hydrogens (primary N) is 1. The van der Waals surface area contributed by atoms with Crippen LogP contribution >= 0.6 is 0 Å². The summed E-state index contributed by atoms with van der Waals surface area (Å²) in [6, 6.07) is 26.3. The Hall–Kier alpha value is -6.83. The van der Waals surface area contributed by atoms with E-state index in [-0.39, 0.29) is 93.5 Å². The largest absolute Gasteiger partial charge is 0.500 e. The molecule has 5 aromatic carbocycles. The van der Waals surface area contributed by atoms with Gasteiger partial charge in [-0.15, -0.1) is 0 Å². The van der Waals surface area contributed by atoms with Gasteiger partial charge in [-0.3, -0.25) is 4.90 Å². The van der Waals surface area contributed by atoms with E-state index in [1.165, 1.54) is 53.4 Å². The van der Waals surface area contributed by atoms with Crippen molar-refractivity contribution in [2.45, 2.75) is 116 Å². The van der Waals surface area contributed by atoms with Crippen molar-refractivity contribution in [3.05, 3.63) is 103 Å². The van der Waals surface area contributed by atoms with Gasteiger partial charge in [0.25, 0.3) is 0 Å². The number of nitrogens with zero attached hydrogens (tertiary/aromatic N) is 8. The lowest BCUT2D eigenvalue weighted by Crippen LogP contribution is -2.46. The molecule has 1 heterocycles. The fraction of sp³-hybridized carbons (Fsp3) is 0.475. The second-order valence-electron chi connectivity index (χ2n) is 20.7. The number of halogens is 2. The molecule has 7 N–H and O–H groups in total. The van der Waals surface area contributed by atoms with Crippen molar-refractivity contribution < 1.29 is 80.1 Å². The highest BCUT2D eigenvalue weighted by Crippen LogP contribution is 2.40. The first-order valence-corrected chi connectivity index (χ1v) is 40.8. The number of sulfonamides is 2. The zero-order chi connectivity index (χ0) is 70.5. The van der Waals surface area contributed by atoms with E-state index < -0.39 is 77.2 Å². The van der Waals surface area contributed by atoms with Crippen molar-refractivity contribution in [2.24, 2.45) is 20.5 Å². The summed E-state index contributed by atoms with van der Waals surface area (Å²) in [5.41, 5.74) is 7.29. The van der Waals surface area contributed by atoms with Gasteiger partial charge < -0.3 is 66.0 Å². The summed E-state index contributed by atoms with van der Waals surface area (Å²) in [5, 5.41) is 32.9. The second-order valence-corrected chi connectivity index (χ2v) is 32.4. The lowest BCUT2D eigenvalue weighted by molar-refractivity contribution is -0.217.